The molecule has 0 bridgehead atoms. The molecule has 9 aromatic carbocycles. The van der Waals surface area contributed by atoms with Gasteiger partial charge in [-0.15, -0.1) is 0 Å². The van der Waals surface area contributed by atoms with Gasteiger partial charge in [-0.2, -0.15) is 0 Å². The van der Waals surface area contributed by atoms with E-state index in [1.807, 2.05) is 78.9 Å². The normalized spacial score (nSPS) is 15.4. The molecule has 0 amide bonds. The molecule has 0 saturated heterocycles. The van der Waals surface area contributed by atoms with E-state index in [0.29, 0.717) is 33.2 Å². The molecule has 0 atom stereocenters. The molecule has 0 N–H and O–H groups in total. The summed E-state index contributed by atoms with van der Waals surface area (Å²) in [6.07, 6.45) is 0. The minimum Gasteiger partial charge on any atom is -0.456 e. The van der Waals surface area contributed by atoms with Gasteiger partial charge in [0, 0.05) is 10.8 Å². The second kappa shape index (κ2) is 12.0. The molecule has 0 fully saturated rings. The van der Waals surface area contributed by atoms with Gasteiger partial charge in [-0.1, -0.05) is 176 Å². The maximum atomic E-state index is 9.33. The molecule has 1 heterocycles. The van der Waals surface area contributed by atoms with Gasteiger partial charge in [-0.25, -0.2) is 0 Å². The van der Waals surface area contributed by atoms with Gasteiger partial charge in [-0.05, 0) is 95.4 Å². The Bertz CT molecular complexity index is 3580. The number of fused-ring (bicyclic) bond motifs is 5. The zero-order chi connectivity index (χ0) is 45.9. The van der Waals surface area contributed by atoms with Gasteiger partial charge in [0.2, 0.25) is 0 Å². The summed E-state index contributed by atoms with van der Waals surface area (Å²) in [6, 6.07) is 26.7. The molecule has 1 heteroatoms. The molecular weight excluding hydrogens is 617 g/mol. The average Bonchev–Trinajstić information content (AvgIpc) is 3.70. The summed E-state index contributed by atoms with van der Waals surface area (Å²) in [6.45, 7) is 0. The Hall–Kier alpha value is -6.70. The number of hydrogen-bond acceptors (Lipinski definition) is 1. The second-order valence-electron chi connectivity index (χ2n) is 12.1. The van der Waals surface area contributed by atoms with E-state index in [9.17, 15) is 2.74 Å². The van der Waals surface area contributed by atoms with Gasteiger partial charge >= 0.3 is 0 Å². The summed E-state index contributed by atoms with van der Waals surface area (Å²) in [7, 11) is 0. The van der Waals surface area contributed by atoms with Crippen LogP contribution in [0.4, 0.5) is 0 Å². The van der Waals surface area contributed by atoms with E-state index in [2.05, 4.69) is 0 Å². The molecule has 0 spiro atoms. The Morgan fingerprint density at radius 3 is 1.45 bits per heavy atom. The van der Waals surface area contributed by atoms with E-state index >= 15 is 0 Å². The Morgan fingerprint density at radius 1 is 0.333 bits per heavy atom. The van der Waals surface area contributed by atoms with Crippen molar-refractivity contribution in [3.63, 3.8) is 0 Å². The van der Waals surface area contributed by atoms with Crippen LogP contribution in [-0.2, 0) is 0 Å². The Labute approximate surface area is 316 Å². The quantitative estimate of drug-likeness (QED) is 0.167. The SMILES string of the molecule is [2H]c1c([2H])c([2H])c(-c2ccc3oc4cccc(-c5c6ccccc6c(-c6ccccc6-c6c([2H])c([2H])c(-c7c([2H])c([2H])c([2H])c([2H])c7[2H])c([2H])c6[2H])c6ccccc56)c4c3c2)c([2H])c1[2H]. The fourth-order valence-electron chi connectivity index (χ4n) is 7.16. The standard InChI is InChI=1S/C50H32O/c1-3-14-33(15-4-1)35-26-28-36(29-27-35)38-18-7-8-19-39(38)48-40-20-9-11-22-42(40)49(43-23-12-10-21-41(43)48)44-24-13-25-47-50(44)45-32-37(30-31-46(45)51-47)34-16-5-2-6-17-34/h1-32H/i1D,2D,3D,4D,5D,6D,14D,15D,16D,17D,26D,27D,28D,29D. The van der Waals surface area contributed by atoms with Crippen molar-refractivity contribution < 1.29 is 23.6 Å². The van der Waals surface area contributed by atoms with Crippen LogP contribution in [0.5, 0.6) is 0 Å². The molecule has 51 heavy (non-hydrogen) atoms. The zero-order valence-corrected chi connectivity index (χ0v) is 26.8. The monoisotopic (exact) mass is 662 g/mol. The molecular formula is C50H32O. The molecule has 0 saturated carbocycles. The van der Waals surface area contributed by atoms with Crippen LogP contribution in [-0.4, -0.2) is 0 Å². The zero-order valence-electron chi connectivity index (χ0n) is 40.8. The van der Waals surface area contributed by atoms with Gasteiger partial charge in [0.05, 0.1) is 19.2 Å². The first kappa shape index (κ1) is 18.3. The van der Waals surface area contributed by atoms with Crippen molar-refractivity contribution in [2.45, 2.75) is 0 Å². The molecule has 0 unspecified atom stereocenters. The topological polar surface area (TPSA) is 13.1 Å². The van der Waals surface area contributed by atoms with Crippen LogP contribution < -0.4 is 0 Å². The highest BCUT2D eigenvalue weighted by Crippen LogP contribution is 2.48. The highest BCUT2D eigenvalue weighted by atomic mass is 16.3. The largest absolute Gasteiger partial charge is 0.456 e. The second-order valence-corrected chi connectivity index (χ2v) is 12.1. The molecule has 238 valence electrons. The van der Waals surface area contributed by atoms with Crippen molar-refractivity contribution in [3.8, 4) is 55.6 Å². The predicted octanol–water partition coefficient (Wildman–Crippen LogP) is 14.2. The fraction of sp³-hybridized carbons (Fsp3) is 0. The summed E-state index contributed by atoms with van der Waals surface area (Å²) in [5.74, 6) is 0. The van der Waals surface area contributed by atoms with Crippen LogP contribution in [0.2, 0.25) is 0 Å². The maximum Gasteiger partial charge on any atom is 0.136 e. The number of hydrogen-bond donors (Lipinski definition) is 0. The van der Waals surface area contributed by atoms with Gasteiger partial charge in [0.25, 0.3) is 0 Å². The Morgan fingerprint density at radius 2 is 0.824 bits per heavy atom. The molecule has 10 rings (SSSR count). The number of benzene rings is 9. The molecule has 0 aliphatic rings. The van der Waals surface area contributed by atoms with Crippen LogP contribution in [0.15, 0.2) is 198 Å². The first-order valence-electron chi connectivity index (χ1n) is 23.4. The lowest BCUT2D eigenvalue weighted by Gasteiger charge is -2.20. The van der Waals surface area contributed by atoms with Crippen molar-refractivity contribution in [2.24, 2.45) is 0 Å². The number of rotatable bonds is 5. The van der Waals surface area contributed by atoms with Crippen LogP contribution in [0.25, 0.3) is 99.1 Å². The smallest absolute Gasteiger partial charge is 0.136 e. The van der Waals surface area contributed by atoms with Gasteiger partial charge in [-0.3, -0.25) is 0 Å². The van der Waals surface area contributed by atoms with Crippen LogP contribution in [0.1, 0.15) is 19.2 Å². The first-order chi connectivity index (χ1) is 31.1. The highest BCUT2D eigenvalue weighted by Gasteiger charge is 2.21. The molecule has 0 aliphatic carbocycles. The lowest BCUT2D eigenvalue weighted by molar-refractivity contribution is 0.669. The van der Waals surface area contributed by atoms with E-state index < -0.39 is 78.1 Å². The molecule has 10 aromatic rings. The van der Waals surface area contributed by atoms with Crippen molar-refractivity contribution in [1.29, 1.82) is 0 Å². The third kappa shape index (κ3) is 4.86. The van der Waals surface area contributed by atoms with Gasteiger partial charge in [0.15, 0.2) is 0 Å². The average molecular weight is 663 g/mol. The van der Waals surface area contributed by atoms with Gasteiger partial charge in [0.1, 0.15) is 11.2 Å². The molecule has 0 aliphatic heterocycles. The van der Waals surface area contributed by atoms with E-state index in [1.165, 1.54) is 0 Å². The van der Waals surface area contributed by atoms with Crippen molar-refractivity contribution in [2.75, 3.05) is 0 Å². The van der Waals surface area contributed by atoms with Crippen molar-refractivity contribution >= 4 is 43.5 Å². The van der Waals surface area contributed by atoms with Crippen LogP contribution >= 0.6 is 0 Å². The van der Waals surface area contributed by atoms with Crippen LogP contribution in [0.3, 0.4) is 0 Å². The predicted molar refractivity (Wildman–Crippen MR) is 216 cm³/mol. The lowest BCUT2D eigenvalue weighted by atomic mass is 9.83. The fourth-order valence-corrected chi connectivity index (χ4v) is 7.16. The molecule has 0 radical (unpaired) electrons. The maximum absolute atomic E-state index is 9.33. The Kier molecular flexibility index (Phi) is 4.32. The third-order valence-corrected chi connectivity index (χ3v) is 9.33. The molecule has 1 nitrogen and oxygen atoms in total. The lowest BCUT2D eigenvalue weighted by Crippen LogP contribution is -1.93. The summed E-state index contributed by atoms with van der Waals surface area (Å²) in [4.78, 5) is 0. The van der Waals surface area contributed by atoms with E-state index in [-0.39, 0.29) is 28.8 Å². The molecule has 1 aromatic heterocycles. The summed E-state index contributed by atoms with van der Waals surface area (Å²) < 4.78 is 127. The van der Waals surface area contributed by atoms with E-state index in [4.69, 9.17) is 20.9 Å². The number of furan rings is 1. The minimum atomic E-state index is -0.648. The summed E-state index contributed by atoms with van der Waals surface area (Å²) in [5.41, 5.74) is 4.25. The van der Waals surface area contributed by atoms with Crippen LogP contribution in [0, 0.1) is 0 Å². The summed E-state index contributed by atoms with van der Waals surface area (Å²) in [5, 5.41) is 4.74. The van der Waals surface area contributed by atoms with Crippen molar-refractivity contribution in [3.05, 3.63) is 194 Å². The Balaban J connectivity index is 1.24. The van der Waals surface area contributed by atoms with E-state index in [1.54, 1.807) is 30.3 Å². The first-order valence-corrected chi connectivity index (χ1v) is 16.4. The third-order valence-electron chi connectivity index (χ3n) is 9.33. The highest BCUT2D eigenvalue weighted by molar-refractivity contribution is 6.26. The minimum absolute atomic E-state index is 0.0199. The van der Waals surface area contributed by atoms with Crippen molar-refractivity contribution in [1.82, 2.24) is 0 Å². The van der Waals surface area contributed by atoms with Gasteiger partial charge < -0.3 is 4.42 Å². The summed E-state index contributed by atoms with van der Waals surface area (Å²) >= 11 is 0. The van der Waals surface area contributed by atoms with E-state index in [0.717, 1.165) is 43.6 Å².